The van der Waals surface area contributed by atoms with Crippen molar-refractivity contribution < 1.29 is 0 Å². The first-order chi connectivity index (χ1) is 8.81. The molecule has 0 amide bonds. The third-order valence-electron chi connectivity index (χ3n) is 5.12. The van der Waals surface area contributed by atoms with Crippen LogP contribution in [0.25, 0.3) is 0 Å². The number of hydrogen-bond acceptors (Lipinski definition) is 2. The summed E-state index contributed by atoms with van der Waals surface area (Å²) in [5.74, 6) is 0.962. The van der Waals surface area contributed by atoms with E-state index >= 15 is 0 Å². The van der Waals surface area contributed by atoms with Gasteiger partial charge in [-0.3, -0.25) is 4.90 Å². The van der Waals surface area contributed by atoms with Gasteiger partial charge >= 0.3 is 0 Å². The predicted molar refractivity (Wildman–Crippen MR) is 78.7 cm³/mol. The van der Waals surface area contributed by atoms with Crippen molar-refractivity contribution in [3.8, 4) is 0 Å². The highest BCUT2D eigenvalue weighted by atomic mass is 15.2. The fourth-order valence-electron chi connectivity index (χ4n) is 3.92. The van der Waals surface area contributed by atoms with E-state index in [9.17, 15) is 0 Å². The lowest BCUT2D eigenvalue weighted by molar-refractivity contribution is 0.0718. The van der Waals surface area contributed by atoms with Crippen LogP contribution in [0.4, 0.5) is 0 Å². The molecule has 0 aromatic heterocycles. The van der Waals surface area contributed by atoms with Crippen LogP contribution in [-0.4, -0.2) is 30.1 Å². The Bertz CT molecular complexity index is 215. The first-order valence-corrected chi connectivity index (χ1v) is 8.27. The molecular weight excluding hydrogens is 220 g/mol. The van der Waals surface area contributed by atoms with Gasteiger partial charge < -0.3 is 5.73 Å². The van der Waals surface area contributed by atoms with Gasteiger partial charge in [-0.05, 0) is 64.0 Å². The minimum Gasteiger partial charge on any atom is -0.330 e. The molecule has 0 aromatic rings. The van der Waals surface area contributed by atoms with Gasteiger partial charge in [-0.25, -0.2) is 0 Å². The molecule has 0 spiro atoms. The van der Waals surface area contributed by atoms with Crippen molar-refractivity contribution in [3.63, 3.8) is 0 Å². The topological polar surface area (TPSA) is 29.3 Å². The molecular formula is C16H32N2. The molecule has 2 N–H and O–H groups in total. The van der Waals surface area contributed by atoms with Gasteiger partial charge in [-0.2, -0.15) is 0 Å². The van der Waals surface area contributed by atoms with Crippen LogP contribution in [0.5, 0.6) is 0 Å². The van der Waals surface area contributed by atoms with E-state index in [0.29, 0.717) is 0 Å². The monoisotopic (exact) mass is 252 g/mol. The molecule has 0 unspecified atom stereocenters. The lowest BCUT2D eigenvalue weighted by atomic mass is 9.84. The van der Waals surface area contributed by atoms with Crippen LogP contribution in [0.2, 0.25) is 0 Å². The van der Waals surface area contributed by atoms with Crippen molar-refractivity contribution in [2.45, 2.75) is 83.2 Å². The highest BCUT2D eigenvalue weighted by Gasteiger charge is 2.29. The average molecular weight is 252 g/mol. The predicted octanol–water partition coefficient (Wildman–Crippen LogP) is 3.55. The first kappa shape index (κ1) is 14.3. The van der Waals surface area contributed by atoms with Crippen LogP contribution in [0.15, 0.2) is 0 Å². The zero-order chi connectivity index (χ0) is 12.8. The Labute approximate surface area is 113 Å². The lowest BCUT2D eigenvalue weighted by Gasteiger charge is -2.42. The Morgan fingerprint density at radius 3 is 2.11 bits per heavy atom. The molecule has 0 bridgehead atoms. The van der Waals surface area contributed by atoms with Gasteiger partial charge in [-0.15, -0.1) is 0 Å². The zero-order valence-corrected chi connectivity index (χ0v) is 12.2. The van der Waals surface area contributed by atoms with Gasteiger partial charge in [0.1, 0.15) is 0 Å². The standard InChI is InChI=1S/C16H32N2/c1-14-8-10-16(11-9-14)18(13-5-12-17)15-6-3-2-4-7-15/h14-16H,2-13,17H2,1H3. The van der Waals surface area contributed by atoms with Gasteiger partial charge in [0.2, 0.25) is 0 Å². The minimum absolute atomic E-state index is 0.854. The van der Waals surface area contributed by atoms with Gasteiger partial charge in [0.05, 0.1) is 0 Å². The minimum atomic E-state index is 0.854. The fraction of sp³-hybridized carbons (Fsp3) is 1.00. The van der Waals surface area contributed by atoms with Crippen LogP contribution in [-0.2, 0) is 0 Å². The molecule has 2 aliphatic rings. The quantitative estimate of drug-likeness (QED) is 0.811. The van der Waals surface area contributed by atoms with Crippen molar-refractivity contribution >= 4 is 0 Å². The van der Waals surface area contributed by atoms with E-state index in [2.05, 4.69) is 11.8 Å². The maximum atomic E-state index is 5.73. The Morgan fingerprint density at radius 1 is 0.889 bits per heavy atom. The molecule has 0 aromatic carbocycles. The lowest BCUT2D eigenvalue weighted by Crippen LogP contribution is -2.46. The summed E-state index contributed by atoms with van der Waals surface area (Å²) in [6, 6.07) is 1.75. The second-order valence-electron chi connectivity index (χ2n) is 6.59. The Morgan fingerprint density at radius 2 is 1.50 bits per heavy atom. The van der Waals surface area contributed by atoms with E-state index in [1.807, 2.05) is 0 Å². The SMILES string of the molecule is CC1CCC(N(CCCN)C2CCCCC2)CC1. The van der Waals surface area contributed by atoms with E-state index in [0.717, 1.165) is 24.5 Å². The highest BCUT2D eigenvalue weighted by Crippen LogP contribution is 2.32. The highest BCUT2D eigenvalue weighted by molar-refractivity contribution is 4.84. The smallest absolute Gasteiger partial charge is 0.00984 e. The zero-order valence-electron chi connectivity index (χ0n) is 12.2. The number of nitrogens with two attached hydrogens (primary N) is 1. The van der Waals surface area contributed by atoms with Crippen molar-refractivity contribution in [3.05, 3.63) is 0 Å². The summed E-state index contributed by atoms with van der Waals surface area (Å²) in [6.07, 6.45) is 14.2. The molecule has 2 heteroatoms. The van der Waals surface area contributed by atoms with Gasteiger partial charge in [0, 0.05) is 12.1 Å². The summed E-state index contributed by atoms with van der Waals surface area (Å²) in [4.78, 5) is 2.86. The normalized spacial score (nSPS) is 30.8. The largest absolute Gasteiger partial charge is 0.330 e. The van der Waals surface area contributed by atoms with Gasteiger partial charge in [0.15, 0.2) is 0 Å². The molecule has 2 aliphatic carbocycles. The Kier molecular flexibility index (Phi) is 5.97. The number of nitrogens with zero attached hydrogens (tertiary/aromatic N) is 1. The molecule has 0 aliphatic heterocycles. The maximum Gasteiger partial charge on any atom is 0.00984 e. The molecule has 0 atom stereocenters. The van der Waals surface area contributed by atoms with E-state index in [1.165, 1.54) is 70.8 Å². The van der Waals surface area contributed by atoms with Crippen molar-refractivity contribution in [1.29, 1.82) is 0 Å². The van der Waals surface area contributed by atoms with Crippen LogP contribution < -0.4 is 5.73 Å². The number of hydrogen-bond donors (Lipinski definition) is 1. The summed E-state index contributed by atoms with van der Waals surface area (Å²) in [7, 11) is 0. The third kappa shape index (κ3) is 3.96. The van der Waals surface area contributed by atoms with Crippen molar-refractivity contribution in [2.75, 3.05) is 13.1 Å². The van der Waals surface area contributed by atoms with Crippen molar-refractivity contribution in [2.24, 2.45) is 11.7 Å². The third-order valence-corrected chi connectivity index (χ3v) is 5.12. The number of rotatable bonds is 5. The molecule has 0 heterocycles. The van der Waals surface area contributed by atoms with Crippen LogP contribution >= 0.6 is 0 Å². The van der Waals surface area contributed by atoms with Crippen LogP contribution in [0, 0.1) is 5.92 Å². The summed E-state index contributed by atoms with van der Waals surface area (Å²) >= 11 is 0. The van der Waals surface area contributed by atoms with E-state index < -0.39 is 0 Å². The molecule has 0 radical (unpaired) electrons. The molecule has 0 saturated heterocycles. The molecule has 2 saturated carbocycles. The Balaban J connectivity index is 1.90. The second-order valence-corrected chi connectivity index (χ2v) is 6.59. The summed E-state index contributed by atoms with van der Waals surface area (Å²) in [6.45, 7) is 4.52. The molecule has 106 valence electrons. The van der Waals surface area contributed by atoms with E-state index in [-0.39, 0.29) is 0 Å². The Hall–Kier alpha value is -0.0800. The first-order valence-electron chi connectivity index (χ1n) is 8.27. The second kappa shape index (κ2) is 7.49. The average Bonchev–Trinajstić information content (AvgIpc) is 2.42. The van der Waals surface area contributed by atoms with E-state index in [1.54, 1.807) is 0 Å². The van der Waals surface area contributed by atoms with Gasteiger partial charge in [0.25, 0.3) is 0 Å². The summed E-state index contributed by atoms with van der Waals surface area (Å²) in [5.41, 5.74) is 5.73. The molecule has 2 fully saturated rings. The molecule has 2 rings (SSSR count). The molecule has 2 nitrogen and oxygen atoms in total. The van der Waals surface area contributed by atoms with E-state index in [4.69, 9.17) is 5.73 Å². The van der Waals surface area contributed by atoms with Crippen molar-refractivity contribution in [1.82, 2.24) is 4.90 Å². The maximum absolute atomic E-state index is 5.73. The van der Waals surface area contributed by atoms with Crippen LogP contribution in [0.1, 0.15) is 71.1 Å². The summed E-state index contributed by atoms with van der Waals surface area (Å²) in [5, 5.41) is 0. The summed E-state index contributed by atoms with van der Waals surface area (Å²) < 4.78 is 0. The molecule has 18 heavy (non-hydrogen) atoms. The fourth-order valence-corrected chi connectivity index (χ4v) is 3.92. The van der Waals surface area contributed by atoms with Gasteiger partial charge in [-0.1, -0.05) is 26.2 Å². The van der Waals surface area contributed by atoms with Crippen LogP contribution in [0.3, 0.4) is 0 Å².